The second-order valence-electron chi connectivity index (χ2n) is 5.59. The van der Waals surface area contributed by atoms with Crippen molar-refractivity contribution in [3.8, 4) is 5.69 Å². The molecule has 1 heterocycles. The maximum atomic E-state index is 4.70. The molecule has 124 valence electrons. The lowest BCUT2D eigenvalue weighted by Crippen LogP contribution is -2.37. The molecule has 0 atom stereocenters. The van der Waals surface area contributed by atoms with E-state index >= 15 is 0 Å². The number of para-hydroxylation sites is 1. The summed E-state index contributed by atoms with van der Waals surface area (Å²) in [6, 6.07) is 10.4. The van der Waals surface area contributed by atoms with E-state index in [4.69, 9.17) is 4.99 Å². The van der Waals surface area contributed by atoms with Gasteiger partial charge < -0.3 is 10.6 Å². The number of rotatable bonds is 6. The SMILES string of the molecule is CCCNC(=NCc1ccccc1-n1nc(C)cc1C)NCC. The van der Waals surface area contributed by atoms with Crippen LogP contribution in [-0.2, 0) is 6.54 Å². The predicted molar refractivity (Wildman–Crippen MR) is 96.1 cm³/mol. The minimum absolute atomic E-state index is 0.619. The van der Waals surface area contributed by atoms with Gasteiger partial charge in [0.15, 0.2) is 5.96 Å². The highest BCUT2D eigenvalue weighted by molar-refractivity contribution is 5.79. The van der Waals surface area contributed by atoms with E-state index in [0.29, 0.717) is 6.54 Å². The van der Waals surface area contributed by atoms with E-state index in [-0.39, 0.29) is 0 Å². The first-order valence-corrected chi connectivity index (χ1v) is 8.29. The van der Waals surface area contributed by atoms with E-state index < -0.39 is 0 Å². The standard InChI is InChI=1S/C18H27N5/c1-5-11-20-18(19-6-2)21-13-16-9-7-8-10-17(16)23-15(4)12-14(3)22-23/h7-10,12H,5-6,11,13H2,1-4H3,(H2,19,20,21). The lowest BCUT2D eigenvalue weighted by Gasteiger charge is -2.12. The zero-order valence-electron chi connectivity index (χ0n) is 14.6. The van der Waals surface area contributed by atoms with Crippen LogP contribution in [0.15, 0.2) is 35.3 Å². The largest absolute Gasteiger partial charge is 0.357 e. The highest BCUT2D eigenvalue weighted by atomic mass is 15.3. The second kappa shape index (κ2) is 8.36. The molecule has 2 aromatic rings. The van der Waals surface area contributed by atoms with Gasteiger partial charge in [-0.1, -0.05) is 25.1 Å². The quantitative estimate of drug-likeness (QED) is 0.637. The average Bonchev–Trinajstić information content (AvgIpc) is 2.88. The van der Waals surface area contributed by atoms with Crippen molar-refractivity contribution in [2.24, 2.45) is 4.99 Å². The van der Waals surface area contributed by atoms with E-state index in [1.165, 1.54) is 0 Å². The first kappa shape index (κ1) is 17.1. The first-order chi connectivity index (χ1) is 11.2. The Morgan fingerprint density at radius 2 is 1.96 bits per heavy atom. The van der Waals surface area contributed by atoms with Gasteiger partial charge in [-0.05, 0) is 44.9 Å². The Kier molecular flexibility index (Phi) is 6.20. The van der Waals surface area contributed by atoms with Gasteiger partial charge in [-0.3, -0.25) is 0 Å². The van der Waals surface area contributed by atoms with Crippen LogP contribution in [0, 0.1) is 13.8 Å². The predicted octanol–water partition coefficient (Wildman–Crippen LogP) is 2.95. The summed E-state index contributed by atoms with van der Waals surface area (Å²) in [5.41, 5.74) is 4.41. The Balaban J connectivity index is 2.24. The number of aromatic nitrogens is 2. The van der Waals surface area contributed by atoms with Crippen molar-refractivity contribution in [3.63, 3.8) is 0 Å². The minimum atomic E-state index is 0.619. The number of nitrogens with one attached hydrogen (secondary N) is 2. The van der Waals surface area contributed by atoms with E-state index in [0.717, 1.165) is 48.1 Å². The molecule has 0 spiro atoms. The Bertz CT molecular complexity index is 657. The molecule has 0 saturated carbocycles. The normalized spacial score (nSPS) is 11.6. The monoisotopic (exact) mass is 313 g/mol. The Morgan fingerprint density at radius 1 is 1.17 bits per heavy atom. The molecule has 0 aliphatic heterocycles. The second-order valence-corrected chi connectivity index (χ2v) is 5.59. The van der Waals surface area contributed by atoms with Gasteiger partial charge in [0.05, 0.1) is 17.9 Å². The molecular weight excluding hydrogens is 286 g/mol. The summed E-state index contributed by atoms with van der Waals surface area (Å²) in [6.45, 7) is 10.7. The lowest BCUT2D eigenvalue weighted by atomic mass is 10.2. The molecule has 23 heavy (non-hydrogen) atoms. The Labute approximate surface area is 138 Å². The molecule has 0 amide bonds. The number of hydrogen-bond acceptors (Lipinski definition) is 2. The van der Waals surface area contributed by atoms with Crippen molar-refractivity contribution < 1.29 is 0 Å². The van der Waals surface area contributed by atoms with Crippen LogP contribution in [0.4, 0.5) is 0 Å². The van der Waals surface area contributed by atoms with Crippen molar-refractivity contribution in [2.75, 3.05) is 13.1 Å². The summed E-state index contributed by atoms with van der Waals surface area (Å²) in [6.07, 6.45) is 1.08. The molecule has 5 nitrogen and oxygen atoms in total. The third-order valence-electron chi connectivity index (χ3n) is 3.52. The molecule has 2 rings (SSSR count). The number of benzene rings is 1. The minimum Gasteiger partial charge on any atom is -0.357 e. The first-order valence-electron chi connectivity index (χ1n) is 8.29. The average molecular weight is 313 g/mol. The topological polar surface area (TPSA) is 54.2 Å². The van der Waals surface area contributed by atoms with Gasteiger partial charge in [-0.15, -0.1) is 0 Å². The van der Waals surface area contributed by atoms with E-state index in [2.05, 4.69) is 54.7 Å². The number of aliphatic imine (C=N–C) groups is 1. The van der Waals surface area contributed by atoms with E-state index in [9.17, 15) is 0 Å². The highest BCUT2D eigenvalue weighted by Gasteiger charge is 2.08. The molecule has 0 aliphatic rings. The lowest BCUT2D eigenvalue weighted by molar-refractivity contribution is 0.781. The maximum Gasteiger partial charge on any atom is 0.191 e. The molecular formula is C18H27N5. The van der Waals surface area contributed by atoms with Crippen LogP contribution in [0.2, 0.25) is 0 Å². The molecule has 0 aliphatic carbocycles. The van der Waals surface area contributed by atoms with Gasteiger partial charge in [0.2, 0.25) is 0 Å². The smallest absolute Gasteiger partial charge is 0.191 e. The van der Waals surface area contributed by atoms with Crippen LogP contribution in [-0.4, -0.2) is 28.8 Å². The zero-order chi connectivity index (χ0) is 16.7. The van der Waals surface area contributed by atoms with Gasteiger partial charge >= 0.3 is 0 Å². The van der Waals surface area contributed by atoms with Gasteiger partial charge in [-0.2, -0.15) is 5.10 Å². The third kappa shape index (κ3) is 4.58. The van der Waals surface area contributed by atoms with Gasteiger partial charge in [0.25, 0.3) is 0 Å². The van der Waals surface area contributed by atoms with Crippen LogP contribution < -0.4 is 10.6 Å². The molecule has 1 aromatic heterocycles. The molecule has 2 N–H and O–H groups in total. The van der Waals surface area contributed by atoms with Crippen molar-refractivity contribution in [3.05, 3.63) is 47.3 Å². The molecule has 0 saturated heterocycles. The summed E-state index contributed by atoms with van der Waals surface area (Å²) in [4.78, 5) is 4.70. The summed E-state index contributed by atoms with van der Waals surface area (Å²) >= 11 is 0. The third-order valence-corrected chi connectivity index (χ3v) is 3.52. The summed E-state index contributed by atoms with van der Waals surface area (Å²) in [5, 5.41) is 11.2. The van der Waals surface area contributed by atoms with Crippen molar-refractivity contribution in [1.29, 1.82) is 0 Å². The van der Waals surface area contributed by atoms with Gasteiger partial charge in [0, 0.05) is 18.8 Å². The van der Waals surface area contributed by atoms with Gasteiger partial charge in [-0.25, -0.2) is 9.67 Å². The van der Waals surface area contributed by atoms with Crippen molar-refractivity contribution in [2.45, 2.75) is 40.7 Å². The fraction of sp³-hybridized carbons (Fsp3) is 0.444. The van der Waals surface area contributed by atoms with Crippen molar-refractivity contribution in [1.82, 2.24) is 20.4 Å². The Morgan fingerprint density at radius 3 is 2.61 bits per heavy atom. The molecule has 5 heteroatoms. The van der Waals surface area contributed by atoms with Crippen LogP contribution in [0.1, 0.15) is 37.2 Å². The summed E-state index contributed by atoms with van der Waals surface area (Å²) < 4.78 is 1.99. The van der Waals surface area contributed by atoms with Gasteiger partial charge in [0.1, 0.15) is 0 Å². The Hall–Kier alpha value is -2.30. The number of hydrogen-bond donors (Lipinski definition) is 2. The van der Waals surface area contributed by atoms with Crippen LogP contribution in [0.5, 0.6) is 0 Å². The van der Waals surface area contributed by atoms with Crippen LogP contribution in [0.25, 0.3) is 5.69 Å². The fourth-order valence-electron chi connectivity index (χ4n) is 2.47. The van der Waals surface area contributed by atoms with E-state index in [1.54, 1.807) is 0 Å². The van der Waals surface area contributed by atoms with Crippen molar-refractivity contribution >= 4 is 5.96 Å². The maximum absolute atomic E-state index is 4.70. The summed E-state index contributed by atoms with van der Waals surface area (Å²) in [5.74, 6) is 0.859. The highest BCUT2D eigenvalue weighted by Crippen LogP contribution is 2.17. The zero-order valence-corrected chi connectivity index (χ0v) is 14.6. The number of guanidine groups is 1. The number of nitrogens with zero attached hydrogens (tertiary/aromatic N) is 3. The molecule has 0 radical (unpaired) electrons. The van der Waals surface area contributed by atoms with Crippen LogP contribution in [0.3, 0.4) is 0 Å². The van der Waals surface area contributed by atoms with Crippen LogP contribution >= 0.6 is 0 Å². The fourth-order valence-corrected chi connectivity index (χ4v) is 2.47. The molecule has 0 fully saturated rings. The molecule has 1 aromatic carbocycles. The van der Waals surface area contributed by atoms with E-state index in [1.807, 2.05) is 23.7 Å². The molecule has 0 bridgehead atoms. The molecule has 0 unspecified atom stereocenters. The number of aryl methyl sites for hydroxylation is 2. The summed E-state index contributed by atoms with van der Waals surface area (Å²) in [7, 11) is 0.